The number of carbonyl (C=O) groups excluding carboxylic acids is 2. The van der Waals surface area contributed by atoms with Crippen molar-refractivity contribution in [3.8, 4) is 0 Å². The molecule has 27 heavy (non-hydrogen) atoms. The van der Waals surface area contributed by atoms with E-state index in [1.165, 1.54) is 10.5 Å². The number of hydrogen-bond donors (Lipinski definition) is 1. The van der Waals surface area contributed by atoms with E-state index in [2.05, 4.69) is 35.8 Å². The summed E-state index contributed by atoms with van der Waals surface area (Å²) in [6, 6.07) is 18.2. The molecule has 5 heteroatoms. The van der Waals surface area contributed by atoms with Crippen molar-refractivity contribution in [1.29, 1.82) is 0 Å². The van der Waals surface area contributed by atoms with E-state index in [0.717, 1.165) is 12.0 Å². The lowest BCUT2D eigenvalue weighted by Crippen LogP contribution is -2.54. The number of likely N-dealkylation sites (tertiary alicyclic amines) is 1. The Labute approximate surface area is 165 Å². The van der Waals surface area contributed by atoms with Crippen LogP contribution >= 0.6 is 11.8 Å². The van der Waals surface area contributed by atoms with Gasteiger partial charge in [0.2, 0.25) is 11.8 Å². The molecule has 1 aliphatic heterocycles. The summed E-state index contributed by atoms with van der Waals surface area (Å²) < 4.78 is 0. The first-order chi connectivity index (χ1) is 13.0. The van der Waals surface area contributed by atoms with Crippen LogP contribution in [0.5, 0.6) is 0 Å². The maximum atomic E-state index is 12.9. The Morgan fingerprint density at radius 2 is 1.81 bits per heavy atom. The third kappa shape index (κ3) is 4.53. The largest absolute Gasteiger partial charge is 0.350 e. The van der Waals surface area contributed by atoms with Crippen LogP contribution in [0.3, 0.4) is 0 Å². The lowest BCUT2D eigenvalue weighted by molar-refractivity contribution is -0.140. The van der Waals surface area contributed by atoms with Gasteiger partial charge in [-0.2, -0.15) is 0 Å². The topological polar surface area (TPSA) is 49.4 Å². The standard InChI is InChI=1S/C22H26N2O2S/c1-22(21(26)23-16-18-6-4-3-5-7-18)14-12-20(25)24(22)15-13-17-8-10-19(27-2)11-9-17/h3-11H,12-16H2,1-2H3,(H,23,26)/t22-/m1/s1. The number of amides is 2. The summed E-state index contributed by atoms with van der Waals surface area (Å²) in [4.78, 5) is 28.3. The molecule has 1 aliphatic rings. The van der Waals surface area contributed by atoms with E-state index in [0.29, 0.717) is 25.9 Å². The van der Waals surface area contributed by atoms with Crippen molar-refractivity contribution in [2.24, 2.45) is 0 Å². The smallest absolute Gasteiger partial charge is 0.245 e. The first-order valence-electron chi connectivity index (χ1n) is 9.28. The number of nitrogens with zero attached hydrogens (tertiary/aromatic N) is 1. The van der Waals surface area contributed by atoms with Crippen LogP contribution < -0.4 is 5.32 Å². The van der Waals surface area contributed by atoms with Crippen molar-refractivity contribution in [2.75, 3.05) is 12.8 Å². The fourth-order valence-corrected chi connectivity index (χ4v) is 3.91. The Kier molecular flexibility index (Phi) is 6.22. The third-order valence-electron chi connectivity index (χ3n) is 5.29. The van der Waals surface area contributed by atoms with E-state index in [9.17, 15) is 9.59 Å². The highest BCUT2D eigenvalue weighted by molar-refractivity contribution is 7.98. The van der Waals surface area contributed by atoms with E-state index in [4.69, 9.17) is 0 Å². The Morgan fingerprint density at radius 3 is 2.48 bits per heavy atom. The molecule has 0 aliphatic carbocycles. The molecule has 2 amide bonds. The van der Waals surface area contributed by atoms with Crippen LogP contribution in [-0.4, -0.2) is 35.1 Å². The van der Waals surface area contributed by atoms with Crippen LogP contribution in [0.4, 0.5) is 0 Å². The third-order valence-corrected chi connectivity index (χ3v) is 6.03. The van der Waals surface area contributed by atoms with Crippen molar-refractivity contribution >= 4 is 23.6 Å². The molecule has 0 bridgehead atoms. The molecular formula is C22H26N2O2S. The van der Waals surface area contributed by atoms with Gasteiger partial charge in [-0.1, -0.05) is 42.5 Å². The van der Waals surface area contributed by atoms with E-state index < -0.39 is 5.54 Å². The number of hydrogen-bond acceptors (Lipinski definition) is 3. The summed E-state index contributed by atoms with van der Waals surface area (Å²) in [5.74, 6) is -0.0111. The van der Waals surface area contributed by atoms with Gasteiger partial charge >= 0.3 is 0 Å². The molecule has 0 spiro atoms. The fourth-order valence-electron chi connectivity index (χ4n) is 3.50. The van der Waals surface area contributed by atoms with Crippen molar-refractivity contribution in [3.63, 3.8) is 0 Å². The molecule has 142 valence electrons. The van der Waals surface area contributed by atoms with Gasteiger partial charge < -0.3 is 10.2 Å². The molecule has 1 fully saturated rings. The Balaban J connectivity index is 1.63. The summed E-state index contributed by atoms with van der Waals surface area (Å²) in [6.45, 7) is 2.93. The molecule has 3 rings (SSSR count). The highest BCUT2D eigenvalue weighted by Gasteiger charge is 2.46. The number of nitrogens with one attached hydrogen (secondary N) is 1. The zero-order valence-corrected chi connectivity index (χ0v) is 16.7. The SMILES string of the molecule is CSc1ccc(CCN2C(=O)CC[C@]2(C)C(=O)NCc2ccccc2)cc1. The van der Waals surface area contributed by atoms with Gasteiger partial charge in [0.25, 0.3) is 0 Å². The molecule has 0 saturated carbocycles. The summed E-state index contributed by atoms with van der Waals surface area (Å²) in [5.41, 5.74) is 1.46. The fraction of sp³-hybridized carbons (Fsp3) is 0.364. The monoisotopic (exact) mass is 382 g/mol. The quantitative estimate of drug-likeness (QED) is 0.744. The zero-order chi connectivity index (χ0) is 19.3. The molecule has 1 heterocycles. The van der Waals surface area contributed by atoms with Gasteiger partial charge in [0, 0.05) is 24.4 Å². The van der Waals surface area contributed by atoms with E-state index >= 15 is 0 Å². The normalized spacial score (nSPS) is 19.3. The summed E-state index contributed by atoms with van der Waals surface area (Å²) in [7, 11) is 0. The zero-order valence-electron chi connectivity index (χ0n) is 15.9. The summed E-state index contributed by atoms with van der Waals surface area (Å²) in [5, 5.41) is 3.01. The van der Waals surface area contributed by atoms with Gasteiger partial charge in [-0.15, -0.1) is 11.8 Å². The Hall–Kier alpha value is -2.27. The van der Waals surface area contributed by atoms with Gasteiger partial charge in [-0.05, 0) is 49.3 Å². The average Bonchev–Trinajstić information content (AvgIpc) is 3.00. The number of carbonyl (C=O) groups is 2. The lowest BCUT2D eigenvalue weighted by atomic mass is 9.97. The van der Waals surface area contributed by atoms with Gasteiger partial charge in [-0.25, -0.2) is 0 Å². The summed E-state index contributed by atoms with van der Waals surface area (Å²) in [6.07, 6.45) is 3.80. The molecule has 0 radical (unpaired) electrons. The first-order valence-corrected chi connectivity index (χ1v) is 10.5. The van der Waals surface area contributed by atoms with Crippen molar-refractivity contribution < 1.29 is 9.59 Å². The lowest BCUT2D eigenvalue weighted by Gasteiger charge is -2.34. The van der Waals surface area contributed by atoms with Crippen molar-refractivity contribution in [3.05, 3.63) is 65.7 Å². The highest BCUT2D eigenvalue weighted by Crippen LogP contribution is 2.30. The summed E-state index contributed by atoms with van der Waals surface area (Å²) >= 11 is 1.71. The second kappa shape index (κ2) is 8.61. The molecule has 0 aromatic heterocycles. The number of benzene rings is 2. The van der Waals surface area contributed by atoms with Gasteiger partial charge in [0.1, 0.15) is 5.54 Å². The van der Waals surface area contributed by atoms with E-state index in [1.807, 2.05) is 37.3 Å². The van der Waals surface area contributed by atoms with E-state index in [1.54, 1.807) is 16.7 Å². The molecule has 4 nitrogen and oxygen atoms in total. The van der Waals surface area contributed by atoms with Crippen molar-refractivity contribution in [2.45, 2.75) is 43.2 Å². The molecule has 1 N–H and O–H groups in total. The highest BCUT2D eigenvalue weighted by atomic mass is 32.2. The van der Waals surface area contributed by atoms with E-state index in [-0.39, 0.29) is 11.8 Å². The van der Waals surface area contributed by atoms with Crippen LogP contribution in [0.15, 0.2) is 59.5 Å². The molecular weight excluding hydrogens is 356 g/mol. The Morgan fingerprint density at radius 1 is 1.11 bits per heavy atom. The minimum Gasteiger partial charge on any atom is -0.350 e. The molecule has 2 aromatic carbocycles. The maximum Gasteiger partial charge on any atom is 0.245 e. The molecule has 1 atom stereocenters. The molecule has 2 aromatic rings. The minimum absolute atomic E-state index is 0.0631. The minimum atomic E-state index is -0.773. The second-order valence-corrected chi connectivity index (χ2v) is 7.97. The molecule has 1 saturated heterocycles. The van der Waals surface area contributed by atoms with Gasteiger partial charge in [0.15, 0.2) is 0 Å². The predicted octanol–water partition coefficient (Wildman–Crippen LogP) is 3.65. The van der Waals surface area contributed by atoms with Gasteiger partial charge in [-0.3, -0.25) is 9.59 Å². The van der Waals surface area contributed by atoms with Crippen molar-refractivity contribution in [1.82, 2.24) is 10.2 Å². The maximum absolute atomic E-state index is 12.9. The number of thioether (sulfide) groups is 1. The average molecular weight is 383 g/mol. The predicted molar refractivity (Wildman–Crippen MR) is 110 cm³/mol. The van der Waals surface area contributed by atoms with Crippen LogP contribution in [0.25, 0.3) is 0 Å². The van der Waals surface area contributed by atoms with Crippen LogP contribution in [0, 0.1) is 0 Å². The second-order valence-electron chi connectivity index (χ2n) is 7.09. The molecule has 0 unspecified atom stereocenters. The van der Waals surface area contributed by atoms with Crippen LogP contribution in [0.1, 0.15) is 30.9 Å². The Bertz CT molecular complexity index is 792. The number of rotatable bonds is 7. The van der Waals surface area contributed by atoms with Crippen LogP contribution in [0.2, 0.25) is 0 Å². The van der Waals surface area contributed by atoms with Gasteiger partial charge in [0.05, 0.1) is 0 Å². The first kappa shape index (κ1) is 19.5. The van der Waals surface area contributed by atoms with Crippen LogP contribution in [-0.2, 0) is 22.6 Å².